The fourth-order valence-electron chi connectivity index (χ4n) is 4.21. The molecule has 1 amide bonds. The molecule has 0 fully saturated rings. The van der Waals surface area contributed by atoms with Crippen LogP contribution in [0.3, 0.4) is 0 Å². The molecule has 0 aliphatic heterocycles. The van der Waals surface area contributed by atoms with Crippen LogP contribution in [-0.4, -0.2) is 37.1 Å². The van der Waals surface area contributed by atoms with Crippen LogP contribution < -0.4 is 9.80 Å². The van der Waals surface area contributed by atoms with E-state index in [1.807, 2.05) is 60.7 Å². The van der Waals surface area contributed by atoms with Gasteiger partial charge in [0.05, 0.1) is 38.1 Å². The molecule has 0 spiro atoms. The van der Waals surface area contributed by atoms with Gasteiger partial charge in [0, 0.05) is 17.0 Å². The van der Waals surface area contributed by atoms with E-state index in [1.54, 1.807) is 12.3 Å². The maximum absolute atomic E-state index is 12.5. The molecule has 33 heavy (non-hydrogen) atoms. The van der Waals surface area contributed by atoms with Crippen molar-refractivity contribution in [3.8, 4) is 5.88 Å². The number of carbonyl (C=O) groups is 1. The SMILES string of the molecule is COC(=O)N(OC)c1ccccc1C1(c2ccc(Cl)cc2)C=CC=CC1COc1ccn[nH]1. The van der Waals surface area contributed by atoms with Gasteiger partial charge in [0.2, 0.25) is 5.88 Å². The molecular weight excluding hydrogens is 442 g/mol. The molecule has 1 aliphatic rings. The van der Waals surface area contributed by atoms with Crippen molar-refractivity contribution in [2.24, 2.45) is 5.92 Å². The zero-order valence-electron chi connectivity index (χ0n) is 18.3. The van der Waals surface area contributed by atoms with Crippen molar-refractivity contribution in [3.63, 3.8) is 0 Å². The lowest BCUT2D eigenvalue weighted by Crippen LogP contribution is -2.41. The van der Waals surface area contributed by atoms with E-state index in [0.717, 1.165) is 16.2 Å². The van der Waals surface area contributed by atoms with Gasteiger partial charge in [-0.3, -0.25) is 4.84 Å². The Morgan fingerprint density at radius 3 is 2.61 bits per heavy atom. The monoisotopic (exact) mass is 465 g/mol. The Morgan fingerprint density at radius 1 is 1.12 bits per heavy atom. The van der Waals surface area contributed by atoms with Crippen molar-refractivity contribution in [3.05, 3.63) is 101 Å². The van der Waals surface area contributed by atoms with Crippen LogP contribution in [0.5, 0.6) is 5.88 Å². The van der Waals surface area contributed by atoms with Gasteiger partial charge in [0.25, 0.3) is 0 Å². The second kappa shape index (κ2) is 9.94. The van der Waals surface area contributed by atoms with E-state index < -0.39 is 11.5 Å². The first-order valence-electron chi connectivity index (χ1n) is 10.4. The highest BCUT2D eigenvalue weighted by molar-refractivity contribution is 6.30. The number of carbonyl (C=O) groups excluding carboxylic acids is 1. The van der Waals surface area contributed by atoms with Crippen LogP contribution in [-0.2, 0) is 15.0 Å². The van der Waals surface area contributed by atoms with Gasteiger partial charge in [0.1, 0.15) is 0 Å². The number of rotatable bonds is 7. The number of allylic oxidation sites excluding steroid dienone is 3. The van der Waals surface area contributed by atoms with E-state index in [4.69, 9.17) is 25.9 Å². The molecular formula is C25H24ClN3O4. The lowest BCUT2D eigenvalue weighted by Gasteiger charge is -2.41. The van der Waals surface area contributed by atoms with Crippen LogP contribution in [0, 0.1) is 5.92 Å². The first kappa shape index (κ1) is 22.6. The minimum atomic E-state index is -0.694. The maximum atomic E-state index is 12.5. The van der Waals surface area contributed by atoms with E-state index in [9.17, 15) is 4.79 Å². The highest BCUT2D eigenvalue weighted by atomic mass is 35.5. The van der Waals surface area contributed by atoms with Crippen molar-refractivity contribution in [1.82, 2.24) is 10.2 Å². The van der Waals surface area contributed by atoms with Gasteiger partial charge in [0.15, 0.2) is 0 Å². The average Bonchev–Trinajstić information content (AvgIpc) is 3.38. The Labute approximate surface area is 197 Å². The molecule has 1 aliphatic carbocycles. The molecule has 1 N–H and O–H groups in total. The number of halogens is 1. The molecule has 3 aromatic rings. The van der Waals surface area contributed by atoms with Crippen LogP contribution >= 0.6 is 11.6 Å². The summed E-state index contributed by atoms with van der Waals surface area (Å²) in [4.78, 5) is 17.9. The highest BCUT2D eigenvalue weighted by Crippen LogP contribution is 2.47. The topological polar surface area (TPSA) is 76.7 Å². The summed E-state index contributed by atoms with van der Waals surface area (Å²) in [6.45, 7) is 0.352. The number of hydrogen-bond acceptors (Lipinski definition) is 5. The Bertz CT molecular complexity index is 1140. The molecule has 0 bridgehead atoms. The van der Waals surface area contributed by atoms with E-state index in [-0.39, 0.29) is 5.92 Å². The fourth-order valence-corrected chi connectivity index (χ4v) is 4.33. The lowest BCUT2D eigenvalue weighted by molar-refractivity contribution is 0.115. The molecule has 7 nitrogen and oxygen atoms in total. The van der Waals surface area contributed by atoms with Crippen LogP contribution in [0.1, 0.15) is 11.1 Å². The number of nitrogens with one attached hydrogen (secondary N) is 1. The number of para-hydroxylation sites is 1. The normalized spacial score (nSPS) is 19.3. The molecule has 1 aromatic heterocycles. The fraction of sp³-hybridized carbons (Fsp3) is 0.200. The molecule has 0 saturated carbocycles. The van der Waals surface area contributed by atoms with E-state index in [1.165, 1.54) is 14.2 Å². The highest BCUT2D eigenvalue weighted by Gasteiger charge is 2.43. The number of nitrogens with zero attached hydrogens (tertiary/aromatic N) is 2. The van der Waals surface area contributed by atoms with E-state index in [2.05, 4.69) is 22.3 Å². The molecule has 0 saturated heterocycles. The van der Waals surface area contributed by atoms with Crippen LogP contribution in [0.25, 0.3) is 0 Å². The summed E-state index contributed by atoms with van der Waals surface area (Å²) in [5.74, 6) is 0.439. The molecule has 0 radical (unpaired) electrons. The first-order valence-corrected chi connectivity index (χ1v) is 10.7. The van der Waals surface area contributed by atoms with Gasteiger partial charge in [-0.05, 0) is 29.3 Å². The van der Waals surface area contributed by atoms with Gasteiger partial charge in [-0.2, -0.15) is 10.2 Å². The Balaban J connectivity index is 1.89. The number of H-pyrrole nitrogens is 1. The third-order valence-electron chi connectivity index (χ3n) is 5.71. The smallest absolute Gasteiger partial charge is 0.438 e. The summed E-state index contributed by atoms with van der Waals surface area (Å²) in [6.07, 6.45) is 9.20. The summed E-state index contributed by atoms with van der Waals surface area (Å²) in [7, 11) is 2.74. The maximum Gasteiger partial charge on any atom is 0.438 e. The second-order valence-corrected chi connectivity index (χ2v) is 7.86. The summed E-state index contributed by atoms with van der Waals surface area (Å²) in [5.41, 5.74) is 1.70. The predicted molar refractivity (Wildman–Crippen MR) is 126 cm³/mol. The van der Waals surface area contributed by atoms with Gasteiger partial charge in [-0.1, -0.05) is 66.2 Å². The molecule has 2 atom stereocenters. The van der Waals surface area contributed by atoms with Gasteiger partial charge in [-0.25, -0.2) is 9.89 Å². The molecule has 2 aromatic carbocycles. The average molecular weight is 466 g/mol. The minimum absolute atomic E-state index is 0.135. The number of aromatic amines is 1. The quantitative estimate of drug-likeness (QED) is 0.479. The molecule has 170 valence electrons. The van der Waals surface area contributed by atoms with Crippen LogP contribution in [0.4, 0.5) is 10.5 Å². The zero-order valence-corrected chi connectivity index (χ0v) is 19.0. The number of amides is 1. The number of anilines is 1. The van der Waals surface area contributed by atoms with Crippen molar-refractivity contribution < 1.29 is 19.1 Å². The third-order valence-corrected chi connectivity index (χ3v) is 5.96. The Kier molecular flexibility index (Phi) is 6.82. The number of benzene rings is 2. The summed E-state index contributed by atoms with van der Waals surface area (Å²) >= 11 is 6.21. The van der Waals surface area contributed by atoms with Gasteiger partial charge in [-0.15, -0.1) is 0 Å². The van der Waals surface area contributed by atoms with Crippen LogP contribution in [0.15, 0.2) is 85.1 Å². The van der Waals surface area contributed by atoms with Gasteiger partial charge < -0.3 is 9.47 Å². The number of hydrogen-bond donors (Lipinski definition) is 1. The van der Waals surface area contributed by atoms with Crippen LogP contribution in [0.2, 0.25) is 5.02 Å². The number of hydroxylamine groups is 1. The van der Waals surface area contributed by atoms with E-state index >= 15 is 0 Å². The van der Waals surface area contributed by atoms with E-state index in [0.29, 0.717) is 23.2 Å². The van der Waals surface area contributed by atoms with Crippen molar-refractivity contribution in [2.45, 2.75) is 5.41 Å². The van der Waals surface area contributed by atoms with Gasteiger partial charge >= 0.3 is 6.09 Å². The standard InChI is InChI=1S/C25H24ClN3O4/c1-31-24(30)29(32-2)22-9-4-3-8-21(22)25(18-10-12-20(26)13-11-18)15-6-5-7-19(25)17-33-23-14-16-27-28-23/h3-16,19H,17H2,1-2H3,(H,27,28). The first-order chi connectivity index (χ1) is 16.1. The minimum Gasteiger partial charge on any atom is -0.477 e. The molecule has 2 unspecified atom stereocenters. The number of methoxy groups -OCH3 is 1. The number of ether oxygens (including phenoxy) is 2. The van der Waals surface area contributed by atoms with Crippen molar-refractivity contribution >= 4 is 23.4 Å². The summed E-state index contributed by atoms with van der Waals surface area (Å²) in [6, 6.07) is 17.0. The molecule has 4 rings (SSSR count). The Morgan fingerprint density at radius 2 is 1.91 bits per heavy atom. The summed E-state index contributed by atoms with van der Waals surface area (Å²) < 4.78 is 11.0. The molecule has 1 heterocycles. The predicted octanol–water partition coefficient (Wildman–Crippen LogP) is 5.30. The second-order valence-electron chi connectivity index (χ2n) is 7.42. The van der Waals surface area contributed by atoms with Crippen molar-refractivity contribution in [2.75, 3.05) is 25.9 Å². The third kappa shape index (κ3) is 4.37. The molecule has 8 heteroatoms. The number of aromatic nitrogens is 2. The lowest BCUT2D eigenvalue weighted by atomic mass is 9.63. The zero-order chi connectivity index (χ0) is 23.3. The largest absolute Gasteiger partial charge is 0.477 e. The summed E-state index contributed by atoms with van der Waals surface area (Å²) in [5, 5.41) is 8.57. The van der Waals surface area contributed by atoms with Crippen molar-refractivity contribution in [1.29, 1.82) is 0 Å². The Hall–Kier alpha value is -3.55.